The Balaban J connectivity index is 1.50. The van der Waals surface area contributed by atoms with Crippen LogP contribution in [0.4, 0.5) is 18.9 Å². The van der Waals surface area contributed by atoms with E-state index in [1.165, 1.54) is 42.9 Å². The smallest absolute Gasteiger partial charge is 0.286 e. The number of aromatic nitrogens is 1. The van der Waals surface area contributed by atoms with E-state index in [-0.39, 0.29) is 24.4 Å². The van der Waals surface area contributed by atoms with E-state index >= 15 is 0 Å². The van der Waals surface area contributed by atoms with Crippen LogP contribution in [0.2, 0.25) is 0 Å². The third-order valence-electron chi connectivity index (χ3n) is 7.46. The van der Waals surface area contributed by atoms with Crippen LogP contribution in [0.25, 0.3) is 11.1 Å². The second-order valence-corrected chi connectivity index (χ2v) is 10.4. The zero-order chi connectivity index (χ0) is 30.0. The van der Waals surface area contributed by atoms with Crippen LogP contribution < -0.4 is 10.6 Å². The van der Waals surface area contributed by atoms with Crippen molar-refractivity contribution < 1.29 is 27.3 Å². The van der Waals surface area contributed by atoms with Gasteiger partial charge in [0.15, 0.2) is 6.21 Å². The predicted octanol–water partition coefficient (Wildman–Crippen LogP) is 5.51. The molecule has 2 N–H and O–H groups in total. The molecule has 0 spiro atoms. The van der Waals surface area contributed by atoms with Crippen LogP contribution in [-0.2, 0) is 17.6 Å². The maximum absolute atomic E-state index is 14.5. The van der Waals surface area contributed by atoms with E-state index in [1.54, 1.807) is 18.3 Å². The van der Waals surface area contributed by atoms with Gasteiger partial charge in [0.2, 0.25) is 12.2 Å². The van der Waals surface area contributed by atoms with Crippen molar-refractivity contribution in [2.24, 2.45) is 0 Å². The van der Waals surface area contributed by atoms with Crippen molar-refractivity contribution in [2.45, 2.75) is 32.7 Å². The Hall–Kier alpha value is -4.79. The molecular weight excluding hydrogens is 541 g/mol. The van der Waals surface area contributed by atoms with E-state index in [0.717, 1.165) is 22.9 Å². The molecule has 0 fully saturated rings. The van der Waals surface area contributed by atoms with Gasteiger partial charge in [-0.2, -0.15) is 4.58 Å². The van der Waals surface area contributed by atoms with Crippen molar-refractivity contribution in [1.82, 2.24) is 15.6 Å². The lowest BCUT2D eigenvalue weighted by molar-refractivity contribution is -0.420. The van der Waals surface area contributed by atoms with Gasteiger partial charge in [0.05, 0.1) is 23.7 Å². The Morgan fingerprint density at radius 2 is 1.71 bits per heavy atom. The largest absolute Gasteiger partial charge is 0.355 e. The van der Waals surface area contributed by atoms with Crippen LogP contribution in [0.15, 0.2) is 66.9 Å². The minimum Gasteiger partial charge on any atom is -0.355 e. The fourth-order valence-electron chi connectivity index (χ4n) is 5.26. The Morgan fingerprint density at radius 3 is 2.45 bits per heavy atom. The zero-order valence-electron chi connectivity index (χ0n) is 23.5. The van der Waals surface area contributed by atoms with Gasteiger partial charge in [0.1, 0.15) is 17.5 Å². The molecule has 1 aliphatic heterocycles. The fraction of sp³-hybridized carbons (Fsp3) is 0.212. The number of carbonyl (C=O) groups is 2. The maximum Gasteiger partial charge on any atom is 0.286 e. The van der Waals surface area contributed by atoms with E-state index < -0.39 is 29.4 Å². The molecule has 0 radical (unpaired) electrons. The molecule has 2 amide bonds. The van der Waals surface area contributed by atoms with E-state index in [4.69, 9.17) is 0 Å². The van der Waals surface area contributed by atoms with E-state index in [9.17, 15) is 22.8 Å². The first-order valence-electron chi connectivity index (χ1n) is 13.5. The molecule has 214 valence electrons. The Bertz CT molecular complexity index is 1710. The number of fused-ring (bicyclic) bond motifs is 1. The highest BCUT2D eigenvalue weighted by Gasteiger charge is 2.28. The summed E-state index contributed by atoms with van der Waals surface area (Å²) in [5, 5.41) is 5.44. The number of nitrogens with zero attached hydrogens (tertiary/aromatic N) is 2. The minimum atomic E-state index is -0.801. The highest BCUT2D eigenvalue weighted by Crippen LogP contribution is 2.31. The summed E-state index contributed by atoms with van der Waals surface area (Å²) < 4.78 is 44.6. The van der Waals surface area contributed by atoms with Crippen LogP contribution in [0, 0.1) is 31.3 Å². The summed E-state index contributed by atoms with van der Waals surface area (Å²) >= 11 is 0. The van der Waals surface area contributed by atoms with Gasteiger partial charge in [-0.25, -0.2) is 13.2 Å². The fourth-order valence-corrected chi connectivity index (χ4v) is 5.26. The predicted molar refractivity (Wildman–Crippen MR) is 154 cm³/mol. The number of carbonyl (C=O) groups excluding carboxylic acids is 2. The Labute approximate surface area is 241 Å². The lowest BCUT2D eigenvalue weighted by Gasteiger charge is -2.21. The SMILES string of the molecule is CNC(=O)c1cc(-c2cccnc2[C@H](Cc2cc(F)cc(F)c2)NC(=O)C[N+]2=CCc3cc(C)c(C)cc32)ccc1F. The monoisotopic (exact) mass is 571 g/mol. The molecule has 0 aliphatic carbocycles. The first-order valence-corrected chi connectivity index (χ1v) is 13.5. The summed E-state index contributed by atoms with van der Waals surface area (Å²) in [5.74, 6) is -3.07. The normalized spacial score (nSPS) is 12.9. The van der Waals surface area contributed by atoms with Gasteiger partial charge in [-0.3, -0.25) is 14.6 Å². The zero-order valence-corrected chi connectivity index (χ0v) is 23.5. The summed E-state index contributed by atoms with van der Waals surface area (Å²) in [6.07, 6.45) is 4.25. The molecule has 1 atom stereocenters. The van der Waals surface area contributed by atoms with Crippen molar-refractivity contribution in [1.29, 1.82) is 0 Å². The number of amides is 2. The second kappa shape index (κ2) is 12.0. The third kappa shape index (κ3) is 6.10. The quantitative estimate of drug-likeness (QED) is 0.274. The first kappa shape index (κ1) is 28.7. The molecule has 2 heterocycles. The van der Waals surface area contributed by atoms with Crippen molar-refractivity contribution in [3.63, 3.8) is 0 Å². The maximum atomic E-state index is 14.5. The van der Waals surface area contributed by atoms with Crippen molar-refractivity contribution in [3.05, 3.63) is 118 Å². The van der Waals surface area contributed by atoms with Crippen LogP contribution in [-0.4, -0.2) is 41.2 Å². The van der Waals surface area contributed by atoms with E-state index in [2.05, 4.69) is 27.8 Å². The number of hydrogen-bond donors (Lipinski definition) is 2. The second-order valence-electron chi connectivity index (χ2n) is 10.4. The lowest BCUT2D eigenvalue weighted by Crippen LogP contribution is -2.35. The molecule has 0 unspecified atom stereocenters. The van der Waals surface area contributed by atoms with Crippen LogP contribution >= 0.6 is 0 Å². The Morgan fingerprint density at radius 1 is 0.976 bits per heavy atom. The van der Waals surface area contributed by atoms with Gasteiger partial charge in [0, 0.05) is 36.5 Å². The average Bonchev–Trinajstić information content (AvgIpc) is 3.32. The average molecular weight is 572 g/mol. The lowest BCUT2D eigenvalue weighted by atomic mass is 9.94. The molecule has 1 aromatic heterocycles. The molecule has 4 aromatic rings. The minimum absolute atomic E-state index is 0.0308. The number of aryl methyl sites for hydroxylation is 2. The van der Waals surface area contributed by atoms with Crippen molar-refractivity contribution in [2.75, 3.05) is 13.6 Å². The summed E-state index contributed by atoms with van der Waals surface area (Å²) in [6, 6.07) is 14.1. The number of pyridine rings is 1. The third-order valence-corrected chi connectivity index (χ3v) is 7.46. The van der Waals surface area contributed by atoms with Gasteiger partial charge in [-0.15, -0.1) is 0 Å². The molecule has 1 aliphatic rings. The molecule has 0 saturated carbocycles. The van der Waals surface area contributed by atoms with Crippen LogP contribution in [0.5, 0.6) is 0 Å². The van der Waals surface area contributed by atoms with Gasteiger partial charge in [-0.1, -0.05) is 12.1 Å². The highest BCUT2D eigenvalue weighted by molar-refractivity contribution is 5.95. The highest BCUT2D eigenvalue weighted by atomic mass is 19.1. The van der Waals surface area contributed by atoms with Gasteiger partial charge < -0.3 is 10.6 Å². The number of rotatable bonds is 8. The standard InChI is InChI=1S/C33H29F3N4O2/c1-19-11-23-8-10-40(30(23)12-20(19)2)18-31(41)39-29(15-21-13-24(34)17-25(35)14-21)32-26(5-4-9-38-32)22-6-7-28(36)27(16-22)33(42)37-3/h4-7,9-14,16-17,29H,8,15,18H2,1-3H3,(H-,37,39,41,42)/p+1/t29-/m0/s1. The van der Waals surface area contributed by atoms with Crippen LogP contribution in [0.3, 0.4) is 0 Å². The van der Waals surface area contributed by atoms with E-state index in [0.29, 0.717) is 28.8 Å². The number of nitrogens with one attached hydrogen (secondary N) is 2. The molecule has 3 aromatic carbocycles. The summed E-state index contributed by atoms with van der Waals surface area (Å²) in [5.41, 5.74) is 6.01. The summed E-state index contributed by atoms with van der Waals surface area (Å²) in [7, 11) is 1.41. The summed E-state index contributed by atoms with van der Waals surface area (Å²) in [6.45, 7) is 4.10. The van der Waals surface area contributed by atoms with Crippen molar-refractivity contribution >= 4 is 23.7 Å². The molecular formula is C33H30F3N4O2+. The van der Waals surface area contributed by atoms with Gasteiger partial charge >= 0.3 is 0 Å². The van der Waals surface area contributed by atoms with Gasteiger partial charge in [0.25, 0.3) is 11.8 Å². The topological polar surface area (TPSA) is 74.1 Å². The molecule has 5 rings (SSSR count). The number of hydrogen-bond acceptors (Lipinski definition) is 3. The van der Waals surface area contributed by atoms with Gasteiger partial charge in [-0.05, 0) is 78.9 Å². The Kier molecular flexibility index (Phi) is 8.20. The molecule has 6 nitrogen and oxygen atoms in total. The summed E-state index contributed by atoms with van der Waals surface area (Å²) in [4.78, 5) is 30.3. The number of benzene rings is 3. The van der Waals surface area contributed by atoms with Crippen molar-refractivity contribution in [3.8, 4) is 11.1 Å². The van der Waals surface area contributed by atoms with Crippen LogP contribution in [0.1, 0.15) is 44.3 Å². The van der Waals surface area contributed by atoms with E-state index in [1.807, 2.05) is 24.6 Å². The number of halogens is 3. The first-order chi connectivity index (χ1) is 20.1. The molecule has 9 heteroatoms. The molecule has 0 bridgehead atoms. The molecule has 0 saturated heterocycles. The molecule has 42 heavy (non-hydrogen) atoms.